The van der Waals surface area contributed by atoms with Crippen LogP contribution in [0.15, 0.2) is 36.5 Å². The lowest BCUT2D eigenvalue weighted by Crippen LogP contribution is -2.13. The summed E-state index contributed by atoms with van der Waals surface area (Å²) in [5.74, 6) is 0.923. The standard InChI is InChI=1S/C12H12Br2N2/c1-9-15-8-11(16-9)12(13,14)7-10-5-3-2-4-6-10/h2-6,8H,7H2,1H3,(H,15,16). The molecule has 0 saturated heterocycles. The molecule has 0 aliphatic carbocycles. The van der Waals surface area contributed by atoms with E-state index in [2.05, 4.69) is 54.0 Å². The molecule has 1 N–H and O–H groups in total. The van der Waals surface area contributed by atoms with E-state index in [-0.39, 0.29) is 3.23 Å². The zero-order chi connectivity index (χ0) is 11.6. The van der Waals surface area contributed by atoms with E-state index in [1.165, 1.54) is 5.56 Å². The predicted octanol–water partition coefficient (Wildman–Crippen LogP) is 3.90. The van der Waals surface area contributed by atoms with Crippen LogP contribution in [-0.4, -0.2) is 9.97 Å². The molecule has 2 aromatic rings. The molecule has 16 heavy (non-hydrogen) atoms. The topological polar surface area (TPSA) is 28.7 Å². The molecular formula is C12H12Br2N2. The van der Waals surface area contributed by atoms with E-state index < -0.39 is 0 Å². The number of aryl methyl sites for hydroxylation is 1. The Morgan fingerprint density at radius 2 is 1.94 bits per heavy atom. The van der Waals surface area contributed by atoms with Crippen molar-refractivity contribution in [2.75, 3.05) is 0 Å². The lowest BCUT2D eigenvalue weighted by molar-refractivity contribution is 0.864. The van der Waals surface area contributed by atoms with Gasteiger partial charge in [0.1, 0.15) is 9.06 Å². The summed E-state index contributed by atoms with van der Waals surface area (Å²) < 4.78 is -0.299. The van der Waals surface area contributed by atoms with Gasteiger partial charge in [-0.15, -0.1) is 0 Å². The summed E-state index contributed by atoms with van der Waals surface area (Å²) in [5, 5.41) is 0. The molecule has 1 aromatic heterocycles. The fourth-order valence-electron chi connectivity index (χ4n) is 1.55. The minimum atomic E-state index is -0.299. The van der Waals surface area contributed by atoms with Crippen molar-refractivity contribution in [3.63, 3.8) is 0 Å². The average Bonchev–Trinajstić information content (AvgIpc) is 2.66. The minimum Gasteiger partial charge on any atom is -0.348 e. The number of rotatable bonds is 3. The second kappa shape index (κ2) is 4.72. The van der Waals surface area contributed by atoms with E-state index in [0.717, 1.165) is 17.9 Å². The van der Waals surface area contributed by atoms with E-state index in [1.54, 1.807) is 0 Å². The number of nitrogens with zero attached hydrogens (tertiary/aromatic N) is 1. The highest BCUT2D eigenvalue weighted by Crippen LogP contribution is 2.40. The number of imidazole rings is 1. The fourth-order valence-corrected chi connectivity index (χ4v) is 2.60. The second-order valence-corrected chi connectivity index (χ2v) is 7.51. The number of alkyl halides is 2. The quantitative estimate of drug-likeness (QED) is 0.841. The lowest BCUT2D eigenvalue weighted by atomic mass is 10.1. The molecular weight excluding hydrogens is 332 g/mol. The highest BCUT2D eigenvalue weighted by Gasteiger charge is 2.28. The molecule has 4 heteroatoms. The number of halogens is 2. The highest BCUT2D eigenvalue weighted by atomic mass is 79.9. The molecule has 1 aromatic carbocycles. The molecule has 0 aliphatic rings. The van der Waals surface area contributed by atoms with Crippen molar-refractivity contribution in [2.24, 2.45) is 0 Å². The van der Waals surface area contributed by atoms with Crippen LogP contribution in [0.25, 0.3) is 0 Å². The Bertz CT molecular complexity index is 463. The van der Waals surface area contributed by atoms with E-state index in [1.807, 2.05) is 31.3 Å². The predicted molar refractivity (Wildman–Crippen MR) is 73.0 cm³/mol. The maximum absolute atomic E-state index is 4.43. The number of nitrogens with one attached hydrogen (secondary N) is 1. The maximum atomic E-state index is 4.43. The van der Waals surface area contributed by atoms with Crippen LogP contribution in [-0.2, 0) is 9.65 Å². The molecule has 2 nitrogen and oxygen atoms in total. The van der Waals surface area contributed by atoms with Gasteiger partial charge in [-0.05, 0) is 12.5 Å². The molecule has 1 heterocycles. The molecule has 0 aliphatic heterocycles. The first-order chi connectivity index (χ1) is 7.58. The van der Waals surface area contributed by atoms with E-state index >= 15 is 0 Å². The minimum absolute atomic E-state index is 0.299. The molecule has 2 rings (SSSR count). The van der Waals surface area contributed by atoms with Crippen LogP contribution < -0.4 is 0 Å². The van der Waals surface area contributed by atoms with Gasteiger partial charge in [-0.3, -0.25) is 0 Å². The molecule has 0 radical (unpaired) electrons. The first-order valence-corrected chi connectivity index (χ1v) is 6.61. The number of aromatic nitrogens is 2. The van der Waals surface area contributed by atoms with Crippen molar-refractivity contribution < 1.29 is 0 Å². The van der Waals surface area contributed by atoms with Crippen LogP contribution in [0.5, 0.6) is 0 Å². The SMILES string of the molecule is Cc1nc(C(Br)(Br)Cc2ccccc2)c[nH]1. The van der Waals surface area contributed by atoms with Gasteiger partial charge in [0.15, 0.2) is 0 Å². The monoisotopic (exact) mass is 342 g/mol. The smallest absolute Gasteiger partial charge is 0.128 e. The van der Waals surface area contributed by atoms with Gasteiger partial charge in [0.05, 0.1) is 5.69 Å². The summed E-state index contributed by atoms with van der Waals surface area (Å²) in [6.07, 6.45) is 2.76. The molecule has 0 fully saturated rings. The lowest BCUT2D eigenvalue weighted by Gasteiger charge is -2.17. The summed E-state index contributed by atoms with van der Waals surface area (Å²) in [5.41, 5.74) is 2.23. The summed E-state index contributed by atoms with van der Waals surface area (Å²) in [6, 6.07) is 10.3. The van der Waals surface area contributed by atoms with Gasteiger partial charge >= 0.3 is 0 Å². The summed E-state index contributed by atoms with van der Waals surface area (Å²) >= 11 is 7.35. The van der Waals surface area contributed by atoms with Gasteiger partial charge in [-0.2, -0.15) is 0 Å². The van der Waals surface area contributed by atoms with Crippen LogP contribution in [0.4, 0.5) is 0 Å². The second-order valence-electron chi connectivity index (χ2n) is 3.74. The van der Waals surface area contributed by atoms with Crippen LogP contribution in [0.1, 0.15) is 17.1 Å². The Morgan fingerprint density at radius 3 is 2.50 bits per heavy atom. The molecule has 0 atom stereocenters. The number of aromatic amines is 1. The van der Waals surface area contributed by atoms with E-state index in [0.29, 0.717) is 0 Å². The van der Waals surface area contributed by atoms with Gasteiger partial charge in [0.2, 0.25) is 0 Å². The summed E-state index contributed by atoms with van der Waals surface area (Å²) in [7, 11) is 0. The van der Waals surface area contributed by atoms with Crippen LogP contribution in [0.2, 0.25) is 0 Å². The van der Waals surface area contributed by atoms with Gasteiger partial charge in [0.25, 0.3) is 0 Å². The Kier molecular flexibility index (Phi) is 3.50. The average molecular weight is 344 g/mol. The van der Waals surface area contributed by atoms with Gasteiger partial charge in [-0.1, -0.05) is 62.2 Å². The molecule has 0 bridgehead atoms. The third-order valence-electron chi connectivity index (χ3n) is 2.35. The van der Waals surface area contributed by atoms with Crippen LogP contribution >= 0.6 is 31.9 Å². The normalized spacial score (nSPS) is 11.7. The van der Waals surface area contributed by atoms with Crippen molar-refractivity contribution in [1.29, 1.82) is 0 Å². The number of H-pyrrole nitrogens is 1. The molecule has 0 saturated carbocycles. The van der Waals surface area contributed by atoms with Gasteiger partial charge < -0.3 is 4.98 Å². The van der Waals surface area contributed by atoms with Gasteiger partial charge in [-0.25, -0.2) is 4.98 Å². The zero-order valence-electron chi connectivity index (χ0n) is 8.87. The van der Waals surface area contributed by atoms with Crippen molar-refractivity contribution in [3.05, 3.63) is 53.6 Å². The van der Waals surface area contributed by atoms with E-state index in [9.17, 15) is 0 Å². The number of hydrogen-bond acceptors (Lipinski definition) is 1. The zero-order valence-corrected chi connectivity index (χ0v) is 12.0. The molecule has 84 valence electrons. The van der Waals surface area contributed by atoms with Crippen molar-refractivity contribution in [2.45, 2.75) is 16.6 Å². The van der Waals surface area contributed by atoms with Crippen molar-refractivity contribution >= 4 is 31.9 Å². The fraction of sp³-hybridized carbons (Fsp3) is 0.250. The van der Waals surface area contributed by atoms with E-state index in [4.69, 9.17) is 0 Å². The highest BCUT2D eigenvalue weighted by molar-refractivity contribution is 9.24. The number of benzene rings is 1. The first kappa shape index (κ1) is 11.9. The summed E-state index contributed by atoms with van der Waals surface area (Å²) in [6.45, 7) is 1.95. The Balaban J connectivity index is 2.20. The van der Waals surface area contributed by atoms with Crippen LogP contribution in [0, 0.1) is 6.92 Å². The summed E-state index contributed by atoms with van der Waals surface area (Å²) in [4.78, 5) is 7.52. The third kappa shape index (κ3) is 2.74. The van der Waals surface area contributed by atoms with Crippen molar-refractivity contribution in [1.82, 2.24) is 9.97 Å². The Hall–Kier alpha value is -0.610. The maximum Gasteiger partial charge on any atom is 0.128 e. The largest absolute Gasteiger partial charge is 0.348 e. The Morgan fingerprint density at radius 1 is 1.25 bits per heavy atom. The van der Waals surface area contributed by atoms with Crippen LogP contribution in [0.3, 0.4) is 0 Å². The molecule has 0 unspecified atom stereocenters. The molecule has 0 amide bonds. The third-order valence-corrected chi connectivity index (χ3v) is 3.72. The number of hydrogen-bond donors (Lipinski definition) is 1. The van der Waals surface area contributed by atoms with Gasteiger partial charge in [0, 0.05) is 12.6 Å². The molecule has 0 spiro atoms. The first-order valence-electron chi connectivity index (χ1n) is 5.02. The van der Waals surface area contributed by atoms with Crippen molar-refractivity contribution in [3.8, 4) is 0 Å². The Labute approximate surface area is 112 Å².